The van der Waals surface area contributed by atoms with Crippen molar-refractivity contribution in [2.45, 2.75) is 13.0 Å². The number of ether oxygens (including phenoxy) is 2. The fraction of sp³-hybridized carbons (Fsp3) is 0.360. The third-order valence-electron chi connectivity index (χ3n) is 6.03. The molecule has 2 amide bonds. The summed E-state index contributed by atoms with van der Waals surface area (Å²) in [5, 5.41) is 5.66. The van der Waals surface area contributed by atoms with Crippen LogP contribution >= 0.6 is 0 Å². The van der Waals surface area contributed by atoms with Gasteiger partial charge < -0.3 is 25.0 Å². The summed E-state index contributed by atoms with van der Waals surface area (Å²) >= 11 is 0. The maximum atomic E-state index is 13.2. The molecule has 8 nitrogen and oxygen atoms in total. The van der Waals surface area contributed by atoms with Gasteiger partial charge in [0.25, 0.3) is 0 Å². The van der Waals surface area contributed by atoms with Gasteiger partial charge in [0.1, 0.15) is 11.6 Å². The van der Waals surface area contributed by atoms with E-state index in [1.165, 1.54) is 19.2 Å². The molecular formula is C25H29FN4O4. The Bertz CT molecular complexity index is 1050. The highest BCUT2D eigenvalue weighted by Crippen LogP contribution is 2.29. The molecular weight excluding hydrogens is 439 g/mol. The van der Waals surface area contributed by atoms with E-state index in [9.17, 15) is 14.0 Å². The summed E-state index contributed by atoms with van der Waals surface area (Å²) in [5.41, 5.74) is 2.65. The van der Waals surface area contributed by atoms with Crippen molar-refractivity contribution in [2.24, 2.45) is 0 Å². The Balaban J connectivity index is 1.52. The van der Waals surface area contributed by atoms with Gasteiger partial charge in [-0.25, -0.2) is 14.0 Å². The number of methoxy groups -OCH3 is 1. The van der Waals surface area contributed by atoms with E-state index < -0.39 is 12.0 Å². The summed E-state index contributed by atoms with van der Waals surface area (Å²) in [6.07, 6.45) is 0. The Morgan fingerprint density at radius 3 is 2.35 bits per heavy atom. The lowest BCUT2D eigenvalue weighted by atomic mass is 9.95. The number of carbonyl (C=O) groups excluding carboxylic acids is 2. The Morgan fingerprint density at radius 1 is 1.06 bits per heavy atom. The molecule has 1 unspecified atom stereocenters. The van der Waals surface area contributed by atoms with Gasteiger partial charge >= 0.3 is 12.0 Å². The van der Waals surface area contributed by atoms with Crippen molar-refractivity contribution in [3.05, 3.63) is 71.2 Å². The number of benzene rings is 2. The number of rotatable bonds is 7. The predicted molar refractivity (Wildman–Crippen MR) is 126 cm³/mol. The highest BCUT2D eigenvalue weighted by atomic mass is 19.1. The molecule has 0 bridgehead atoms. The standard InChI is InChI=1S/C25H29FN4O4/c1-3-34-20-10-4-17(5-11-20)23-22(24(31)33-2)21(27-25(32)28-23)16-29-12-14-30(15-13-29)19-8-6-18(26)7-9-19/h4-11,23H,3,12-16H2,1-2H3,(H2,27,28,32). The number of nitrogens with one attached hydrogen (secondary N) is 2. The second-order valence-electron chi connectivity index (χ2n) is 8.16. The van der Waals surface area contributed by atoms with Gasteiger partial charge in [-0.15, -0.1) is 0 Å². The van der Waals surface area contributed by atoms with Crippen LogP contribution in [0.2, 0.25) is 0 Å². The minimum absolute atomic E-state index is 0.256. The summed E-state index contributed by atoms with van der Waals surface area (Å²) in [5.74, 6) is -0.0333. The lowest BCUT2D eigenvalue weighted by molar-refractivity contribution is -0.136. The molecule has 0 saturated carbocycles. The minimum atomic E-state index is -0.632. The Hall–Kier alpha value is -3.59. The van der Waals surface area contributed by atoms with E-state index >= 15 is 0 Å². The molecule has 2 heterocycles. The first-order chi connectivity index (χ1) is 16.5. The molecule has 1 atom stereocenters. The topological polar surface area (TPSA) is 83.1 Å². The van der Waals surface area contributed by atoms with Gasteiger partial charge in [-0.3, -0.25) is 4.90 Å². The molecule has 9 heteroatoms. The second kappa shape index (κ2) is 10.6. The molecule has 2 aromatic carbocycles. The number of amides is 2. The van der Waals surface area contributed by atoms with Crippen molar-refractivity contribution >= 4 is 17.7 Å². The average Bonchev–Trinajstić information content (AvgIpc) is 2.85. The van der Waals surface area contributed by atoms with Gasteiger partial charge in [-0.05, 0) is 48.9 Å². The molecule has 0 radical (unpaired) electrons. The van der Waals surface area contributed by atoms with E-state index in [1.807, 2.05) is 31.2 Å². The van der Waals surface area contributed by atoms with E-state index in [4.69, 9.17) is 9.47 Å². The van der Waals surface area contributed by atoms with Crippen molar-refractivity contribution < 1.29 is 23.5 Å². The van der Waals surface area contributed by atoms with Crippen LogP contribution in [0.5, 0.6) is 5.75 Å². The highest BCUT2D eigenvalue weighted by Gasteiger charge is 2.34. The Kier molecular flexibility index (Phi) is 7.32. The van der Waals surface area contributed by atoms with Crippen LogP contribution in [0.4, 0.5) is 14.9 Å². The molecule has 2 N–H and O–H groups in total. The predicted octanol–water partition coefficient (Wildman–Crippen LogP) is 2.83. The quantitative estimate of drug-likeness (QED) is 0.608. The van der Waals surface area contributed by atoms with Crippen LogP contribution in [0.1, 0.15) is 18.5 Å². The number of piperazine rings is 1. The van der Waals surface area contributed by atoms with Crippen molar-refractivity contribution in [2.75, 3.05) is 51.3 Å². The summed E-state index contributed by atoms with van der Waals surface area (Å²) in [6, 6.07) is 12.8. The number of hydrogen-bond donors (Lipinski definition) is 2. The zero-order valence-corrected chi connectivity index (χ0v) is 19.3. The van der Waals surface area contributed by atoms with Gasteiger partial charge in [0.05, 0.1) is 25.3 Å². The molecule has 0 spiro atoms. The summed E-state index contributed by atoms with van der Waals surface area (Å²) in [4.78, 5) is 29.7. The van der Waals surface area contributed by atoms with Crippen molar-refractivity contribution in [3.8, 4) is 5.75 Å². The number of hydrogen-bond acceptors (Lipinski definition) is 6. The summed E-state index contributed by atoms with van der Waals surface area (Å²) < 4.78 is 23.8. The van der Waals surface area contributed by atoms with Crippen molar-refractivity contribution in [3.63, 3.8) is 0 Å². The number of carbonyl (C=O) groups is 2. The van der Waals surface area contributed by atoms with Gasteiger partial charge in [-0.2, -0.15) is 0 Å². The monoisotopic (exact) mass is 468 g/mol. The summed E-state index contributed by atoms with van der Waals surface area (Å²) in [7, 11) is 1.33. The van der Waals surface area contributed by atoms with Crippen molar-refractivity contribution in [1.29, 1.82) is 0 Å². The first-order valence-electron chi connectivity index (χ1n) is 11.3. The first-order valence-corrected chi connectivity index (χ1v) is 11.3. The third kappa shape index (κ3) is 5.31. The molecule has 34 heavy (non-hydrogen) atoms. The lowest BCUT2D eigenvalue weighted by Crippen LogP contribution is -2.51. The fourth-order valence-corrected chi connectivity index (χ4v) is 4.31. The first kappa shape index (κ1) is 23.6. The Morgan fingerprint density at radius 2 is 1.74 bits per heavy atom. The normalized spacial score (nSPS) is 18.9. The van der Waals surface area contributed by atoms with Crippen LogP contribution in [0.3, 0.4) is 0 Å². The van der Waals surface area contributed by atoms with Crippen LogP contribution < -0.4 is 20.3 Å². The van der Waals surface area contributed by atoms with E-state index in [1.54, 1.807) is 12.1 Å². The molecule has 1 fully saturated rings. The number of nitrogens with zero attached hydrogens (tertiary/aromatic N) is 2. The molecule has 2 aromatic rings. The molecule has 0 aromatic heterocycles. The lowest BCUT2D eigenvalue weighted by Gasteiger charge is -2.38. The van der Waals surface area contributed by atoms with Crippen LogP contribution in [0, 0.1) is 5.82 Å². The number of esters is 1. The molecule has 0 aliphatic carbocycles. The van der Waals surface area contributed by atoms with Crippen LogP contribution in [0.15, 0.2) is 59.8 Å². The van der Waals surface area contributed by atoms with Crippen LogP contribution in [-0.2, 0) is 9.53 Å². The molecule has 180 valence electrons. The van der Waals surface area contributed by atoms with E-state index in [0.29, 0.717) is 30.2 Å². The highest BCUT2D eigenvalue weighted by molar-refractivity contribution is 5.95. The molecule has 1 saturated heterocycles. The largest absolute Gasteiger partial charge is 0.494 e. The van der Waals surface area contributed by atoms with E-state index in [-0.39, 0.29) is 11.8 Å². The van der Waals surface area contributed by atoms with Gasteiger partial charge in [0, 0.05) is 44.1 Å². The van der Waals surface area contributed by atoms with Gasteiger partial charge in [0.2, 0.25) is 0 Å². The zero-order chi connectivity index (χ0) is 24.1. The third-order valence-corrected chi connectivity index (χ3v) is 6.03. The Labute approximate surface area is 198 Å². The van der Waals surface area contributed by atoms with E-state index in [2.05, 4.69) is 20.4 Å². The number of halogens is 1. The smallest absolute Gasteiger partial charge is 0.338 e. The maximum Gasteiger partial charge on any atom is 0.338 e. The fourth-order valence-electron chi connectivity index (χ4n) is 4.31. The SMILES string of the molecule is CCOc1ccc(C2NC(=O)NC(CN3CCN(c4ccc(F)cc4)CC3)=C2C(=O)OC)cc1. The zero-order valence-electron chi connectivity index (χ0n) is 19.3. The van der Waals surface area contributed by atoms with Crippen LogP contribution in [0.25, 0.3) is 0 Å². The second-order valence-corrected chi connectivity index (χ2v) is 8.16. The average molecular weight is 469 g/mol. The number of anilines is 1. The maximum absolute atomic E-state index is 13.2. The van der Waals surface area contributed by atoms with Crippen molar-refractivity contribution in [1.82, 2.24) is 15.5 Å². The van der Waals surface area contributed by atoms with Crippen LogP contribution in [-0.4, -0.2) is 63.3 Å². The number of urea groups is 1. The van der Waals surface area contributed by atoms with Gasteiger partial charge in [-0.1, -0.05) is 12.1 Å². The molecule has 2 aliphatic rings. The van der Waals surface area contributed by atoms with E-state index in [0.717, 1.165) is 37.4 Å². The summed E-state index contributed by atoms with van der Waals surface area (Å²) in [6.45, 7) is 5.82. The minimum Gasteiger partial charge on any atom is -0.494 e. The molecule has 4 rings (SSSR count). The molecule has 2 aliphatic heterocycles. The van der Waals surface area contributed by atoms with Gasteiger partial charge in [0.15, 0.2) is 0 Å².